The van der Waals surface area contributed by atoms with Crippen molar-refractivity contribution in [1.82, 2.24) is 0 Å². The largest absolute Gasteiger partial charge is 0.372 e. The molecule has 31 heavy (non-hydrogen) atoms. The van der Waals surface area contributed by atoms with Crippen molar-refractivity contribution in [2.45, 2.75) is 10.6 Å². The molecule has 0 aliphatic carbocycles. The summed E-state index contributed by atoms with van der Waals surface area (Å²) >= 11 is 14.0. The number of benzene rings is 3. The van der Waals surface area contributed by atoms with Gasteiger partial charge in [0.1, 0.15) is 0 Å². The molecule has 1 heterocycles. The molecule has 0 bridgehead atoms. The highest BCUT2D eigenvalue weighted by atomic mass is 35.5. The van der Waals surface area contributed by atoms with Crippen molar-refractivity contribution in [3.8, 4) is 0 Å². The van der Waals surface area contributed by atoms with E-state index in [0.29, 0.717) is 10.0 Å². The first-order valence-corrected chi connectivity index (χ1v) is 11.5. The molecular weight excluding hydrogens is 467 g/mol. The lowest BCUT2D eigenvalue weighted by Crippen LogP contribution is -2.20. The van der Waals surface area contributed by atoms with Crippen LogP contribution < -0.4 is 4.90 Å². The maximum absolute atomic E-state index is 6.16. The molecule has 0 atom stereocenters. The SMILES string of the molecule is CN1CCN=C(/C=C/c2ccccc2SCc2ccc(Cl)c(Cl)c2)c2ccccc21.Cl. The minimum Gasteiger partial charge on any atom is -0.372 e. The Morgan fingerprint density at radius 3 is 2.58 bits per heavy atom. The molecule has 0 fully saturated rings. The zero-order chi connectivity index (χ0) is 20.9. The Bertz CT molecular complexity index is 1110. The maximum atomic E-state index is 6.16. The summed E-state index contributed by atoms with van der Waals surface area (Å²) in [4.78, 5) is 8.31. The van der Waals surface area contributed by atoms with Gasteiger partial charge in [-0.25, -0.2) is 0 Å². The van der Waals surface area contributed by atoms with E-state index in [9.17, 15) is 0 Å². The van der Waals surface area contributed by atoms with Gasteiger partial charge in [-0.05, 0) is 41.5 Å². The van der Waals surface area contributed by atoms with Gasteiger partial charge < -0.3 is 4.90 Å². The summed E-state index contributed by atoms with van der Waals surface area (Å²) in [6.07, 6.45) is 4.30. The Labute approximate surface area is 204 Å². The zero-order valence-corrected chi connectivity index (χ0v) is 20.2. The predicted molar refractivity (Wildman–Crippen MR) is 140 cm³/mol. The van der Waals surface area contributed by atoms with Crippen LogP contribution in [0.2, 0.25) is 10.0 Å². The molecule has 6 heteroatoms. The molecule has 3 aromatic rings. The van der Waals surface area contributed by atoms with Crippen LogP contribution in [0.4, 0.5) is 5.69 Å². The lowest BCUT2D eigenvalue weighted by atomic mass is 10.1. The van der Waals surface area contributed by atoms with E-state index in [1.807, 2.05) is 18.2 Å². The van der Waals surface area contributed by atoms with Crippen molar-refractivity contribution in [3.63, 3.8) is 0 Å². The lowest BCUT2D eigenvalue weighted by molar-refractivity contribution is 0.897. The quantitative estimate of drug-likeness (QED) is 0.342. The molecule has 0 aromatic heterocycles. The van der Waals surface area contributed by atoms with E-state index in [-0.39, 0.29) is 12.4 Å². The molecule has 0 N–H and O–H groups in total. The number of hydrogen-bond donors (Lipinski definition) is 0. The number of fused-ring (bicyclic) bond motifs is 1. The van der Waals surface area contributed by atoms with E-state index < -0.39 is 0 Å². The summed E-state index contributed by atoms with van der Waals surface area (Å²) in [5, 5.41) is 1.18. The average Bonchev–Trinajstić information content (AvgIpc) is 2.92. The van der Waals surface area contributed by atoms with Crippen molar-refractivity contribution in [2.24, 2.45) is 4.99 Å². The summed E-state index contributed by atoms with van der Waals surface area (Å²) in [6, 6.07) is 22.7. The zero-order valence-electron chi connectivity index (χ0n) is 17.1. The molecule has 0 unspecified atom stereocenters. The molecule has 0 saturated heterocycles. The third kappa shape index (κ3) is 5.87. The Kier molecular flexibility index (Phi) is 8.50. The topological polar surface area (TPSA) is 15.6 Å². The molecule has 4 rings (SSSR count). The Balaban J connectivity index is 0.00000272. The van der Waals surface area contributed by atoms with E-state index in [4.69, 9.17) is 28.2 Å². The van der Waals surface area contributed by atoms with Gasteiger partial charge in [0, 0.05) is 35.5 Å². The first-order valence-electron chi connectivity index (χ1n) is 9.80. The van der Waals surface area contributed by atoms with Crippen molar-refractivity contribution in [1.29, 1.82) is 0 Å². The number of thioether (sulfide) groups is 1. The molecule has 0 amide bonds. The summed E-state index contributed by atoms with van der Waals surface area (Å²) in [5.41, 5.74) is 5.76. The minimum absolute atomic E-state index is 0. The van der Waals surface area contributed by atoms with Crippen LogP contribution in [0, 0.1) is 0 Å². The summed E-state index contributed by atoms with van der Waals surface area (Å²) in [6.45, 7) is 1.71. The van der Waals surface area contributed by atoms with Crippen molar-refractivity contribution < 1.29 is 0 Å². The van der Waals surface area contributed by atoms with Crippen LogP contribution in [0.25, 0.3) is 6.08 Å². The Morgan fingerprint density at radius 1 is 0.968 bits per heavy atom. The van der Waals surface area contributed by atoms with Crippen molar-refractivity contribution in [2.75, 3.05) is 25.0 Å². The highest BCUT2D eigenvalue weighted by molar-refractivity contribution is 7.98. The molecule has 3 aromatic carbocycles. The van der Waals surface area contributed by atoms with Crippen LogP contribution in [-0.4, -0.2) is 25.8 Å². The second-order valence-corrected chi connectivity index (χ2v) is 8.95. The summed E-state index contributed by atoms with van der Waals surface area (Å²) in [7, 11) is 2.12. The number of hydrogen-bond acceptors (Lipinski definition) is 3. The van der Waals surface area contributed by atoms with Gasteiger partial charge in [-0.3, -0.25) is 4.99 Å². The number of halogens is 3. The first kappa shape index (κ1) is 23.7. The Morgan fingerprint density at radius 2 is 1.74 bits per heavy atom. The molecule has 160 valence electrons. The monoisotopic (exact) mass is 488 g/mol. The van der Waals surface area contributed by atoms with Crippen molar-refractivity contribution >= 4 is 64.8 Å². The van der Waals surface area contributed by atoms with Crippen LogP contribution in [-0.2, 0) is 5.75 Å². The van der Waals surface area contributed by atoms with Gasteiger partial charge in [0.05, 0.1) is 22.3 Å². The van der Waals surface area contributed by atoms with Gasteiger partial charge in [0.25, 0.3) is 0 Å². The predicted octanol–water partition coefficient (Wildman–Crippen LogP) is 7.66. The molecular formula is C25H23Cl3N2S. The van der Waals surface area contributed by atoms with Crippen LogP contribution >= 0.6 is 47.4 Å². The van der Waals surface area contributed by atoms with Crippen LogP contribution in [0.15, 0.2) is 82.7 Å². The number of likely N-dealkylation sites (N-methyl/N-ethyl adjacent to an activating group) is 1. The van der Waals surface area contributed by atoms with Crippen LogP contribution in [0.3, 0.4) is 0 Å². The molecule has 0 radical (unpaired) electrons. The maximum Gasteiger partial charge on any atom is 0.0668 e. The molecule has 2 nitrogen and oxygen atoms in total. The van der Waals surface area contributed by atoms with Gasteiger partial charge in [0.15, 0.2) is 0 Å². The number of aliphatic imine (C=N–C) groups is 1. The molecule has 1 aliphatic heterocycles. The van der Waals surface area contributed by atoms with E-state index in [2.05, 4.69) is 72.6 Å². The average molecular weight is 490 g/mol. The molecule has 0 spiro atoms. The molecule has 1 aliphatic rings. The van der Waals surface area contributed by atoms with Crippen molar-refractivity contribution in [3.05, 3.63) is 99.5 Å². The van der Waals surface area contributed by atoms with Gasteiger partial charge >= 0.3 is 0 Å². The number of benzodiazepines with no additional fused rings is 1. The highest BCUT2D eigenvalue weighted by Crippen LogP contribution is 2.30. The van der Waals surface area contributed by atoms with Crippen LogP contribution in [0.5, 0.6) is 0 Å². The fourth-order valence-electron chi connectivity index (χ4n) is 3.40. The fraction of sp³-hybridized carbons (Fsp3) is 0.160. The minimum atomic E-state index is 0. The third-order valence-corrected chi connectivity index (χ3v) is 6.93. The summed E-state index contributed by atoms with van der Waals surface area (Å²) < 4.78 is 0. The standard InChI is InChI=1S/C25H22Cl2N2S.ClH/c1-29-15-14-28-23(20-7-3-4-8-24(20)29)13-11-19-6-2-5-9-25(19)30-17-18-10-12-21(26)22(27)16-18;/h2-13,16H,14-15,17H2,1H3;1H/b13-11+;. The first-order chi connectivity index (χ1) is 14.6. The second kappa shape index (κ2) is 11.1. The van der Waals surface area contributed by atoms with Gasteiger partial charge in [0.2, 0.25) is 0 Å². The second-order valence-electron chi connectivity index (χ2n) is 7.11. The number of rotatable bonds is 5. The number of para-hydroxylation sites is 1. The number of allylic oxidation sites excluding steroid dienone is 1. The van der Waals surface area contributed by atoms with E-state index in [1.54, 1.807) is 11.8 Å². The number of anilines is 1. The fourth-order valence-corrected chi connectivity index (χ4v) is 4.70. The molecule has 0 saturated carbocycles. The third-order valence-electron chi connectivity index (χ3n) is 5.03. The van der Waals surface area contributed by atoms with Gasteiger partial charge in [-0.2, -0.15) is 0 Å². The smallest absolute Gasteiger partial charge is 0.0668 e. The van der Waals surface area contributed by atoms with E-state index in [0.717, 1.165) is 30.1 Å². The summed E-state index contributed by atoms with van der Waals surface area (Å²) in [5.74, 6) is 0.830. The normalized spacial score (nSPS) is 13.4. The van der Waals surface area contributed by atoms with Gasteiger partial charge in [-0.15, -0.1) is 24.2 Å². The number of nitrogens with zero attached hydrogens (tertiary/aromatic N) is 2. The van der Waals surface area contributed by atoms with Gasteiger partial charge in [-0.1, -0.05) is 71.7 Å². The lowest BCUT2D eigenvalue weighted by Gasteiger charge is -2.18. The highest BCUT2D eigenvalue weighted by Gasteiger charge is 2.13. The van der Waals surface area contributed by atoms with E-state index in [1.165, 1.54) is 21.7 Å². The van der Waals surface area contributed by atoms with E-state index >= 15 is 0 Å². The van der Waals surface area contributed by atoms with Crippen LogP contribution in [0.1, 0.15) is 16.7 Å². The Hall–Kier alpha value is -1.91.